The number of carbonyl (C=O) groups is 1. The zero-order chi connectivity index (χ0) is 18.5. The predicted octanol–water partition coefficient (Wildman–Crippen LogP) is 4.31. The average Bonchev–Trinajstić information content (AvgIpc) is 2.65. The van der Waals surface area contributed by atoms with E-state index in [0.717, 1.165) is 5.56 Å². The minimum atomic E-state index is -0.326. The van der Waals surface area contributed by atoms with Gasteiger partial charge < -0.3 is 10.6 Å². The fourth-order valence-corrected chi connectivity index (χ4v) is 2.40. The highest BCUT2D eigenvalue weighted by molar-refractivity contribution is 6.31. The number of aryl methyl sites for hydroxylation is 1. The molecule has 3 rings (SSSR count). The van der Waals surface area contributed by atoms with Gasteiger partial charge in [-0.15, -0.1) is 0 Å². The van der Waals surface area contributed by atoms with Crippen molar-refractivity contribution in [3.63, 3.8) is 0 Å². The highest BCUT2D eigenvalue weighted by atomic mass is 35.5. The average molecular weight is 364 g/mol. The molecule has 7 heteroatoms. The van der Waals surface area contributed by atoms with Crippen LogP contribution >= 0.6 is 11.6 Å². The van der Waals surface area contributed by atoms with Crippen LogP contribution in [0.5, 0.6) is 0 Å². The van der Waals surface area contributed by atoms with Crippen LogP contribution in [0.1, 0.15) is 21.5 Å². The Morgan fingerprint density at radius 2 is 1.92 bits per heavy atom. The smallest absolute Gasteiger partial charge is 0.258 e. The summed E-state index contributed by atoms with van der Waals surface area (Å²) in [6.07, 6.45) is 2.86. The van der Waals surface area contributed by atoms with Crippen LogP contribution in [0.15, 0.2) is 54.9 Å². The summed E-state index contributed by atoms with van der Waals surface area (Å²) in [5.74, 6) is 0.00368. The predicted molar refractivity (Wildman–Crippen MR) is 101 cm³/mol. The molecule has 2 N–H and O–H groups in total. The number of amides is 1. The molecule has 0 aliphatic rings. The number of hydrogen-bond acceptors (Lipinski definition) is 5. The molecule has 26 heavy (non-hydrogen) atoms. The monoisotopic (exact) mass is 363 g/mol. The molecule has 0 bridgehead atoms. The first-order valence-electron chi connectivity index (χ1n) is 7.72. The van der Waals surface area contributed by atoms with Gasteiger partial charge >= 0.3 is 0 Å². The van der Waals surface area contributed by atoms with E-state index in [9.17, 15) is 4.79 Å². The van der Waals surface area contributed by atoms with E-state index >= 15 is 0 Å². The first kappa shape index (κ1) is 17.4. The SMILES string of the molecule is Cc1ccc(Cl)cc1NC(=O)c1cnc(Nc2cccc(C#N)c2)nc1. The van der Waals surface area contributed by atoms with Crippen molar-refractivity contribution in [1.82, 2.24) is 9.97 Å². The third kappa shape index (κ3) is 4.15. The van der Waals surface area contributed by atoms with Crippen LogP contribution in [0, 0.1) is 18.3 Å². The van der Waals surface area contributed by atoms with Crippen LogP contribution in [0.25, 0.3) is 0 Å². The highest BCUT2D eigenvalue weighted by Gasteiger charge is 2.10. The largest absolute Gasteiger partial charge is 0.324 e. The van der Waals surface area contributed by atoms with Crippen LogP contribution in [0.4, 0.5) is 17.3 Å². The lowest BCUT2D eigenvalue weighted by Crippen LogP contribution is -2.14. The summed E-state index contributed by atoms with van der Waals surface area (Å²) in [6, 6.07) is 14.3. The first-order chi connectivity index (χ1) is 12.5. The zero-order valence-electron chi connectivity index (χ0n) is 13.8. The Morgan fingerprint density at radius 1 is 1.15 bits per heavy atom. The Hall–Kier alpha value is -3.43. The van der Waals surface area contributed by atoms with Gasteiger partial charge in [0.25, 0.3) is 5.91 Å². The molecular formula is C19H14ClN5O. The van der Waals surface area contributed by atoms with E-state index < -0.39 is 0 Å². The molecule has 1 heterocycles. The highest BCUT2D eigenvalue weighted by Crippen LogP contribution is 2.21. The number of halogens is 1. The molecule has 1 aromatic heterocycles. The third-order valence-corrected chi connectivity index (χ3v) is 3.84. The van der Waals surface area contributed by atoms with Gasteiger partial charge in [0.2, 0.25) is 5.95 Å². The third-order valence-electron chi connectivity index (χ3n) is 3.61. The van der Waals surface area contributed by atoms with Crippen LogP contribution in [-0.4, -0.2) is 15.9 Å². The van der Waals surface area contributed by atoms with Crippen LogP contribution in [0.2, 0.25) is 5.02 Å². The summed E-state index contributed by atoms with van der Waals surface area (Å²) in [6.45, 7) is 1.88. The van der Waals surface area contributed by atoms with Gasteiger partial charge in [-0.3, -0.25) is 4.79 Å². The maximum atomic E-state index is 12.3. The number of anilines is 3. The quantitative estimate of drug-likeness (QED) is 0.720. The summed E-state index contributed by atoms with van der Waals surface area (Å²) in [5.41, 5.74) is 3.08. The van der Waals surface area contributed by atoms with Gasteiger partial charge in [0.15, 0.2) is 0 Å². The zero-order valence-corrected chi connectivity index (χ0v) is 14.6. The Balaban J connectivity index is 1.71. The van der Waals surface area contributed by atoms with Gasteiger partial charge in [-0.05, 0) is 42.8 Å². The van der Waals surface area contributed by atoms with E-state index in [-0.39, 0.29) is 5.91 Å². The molecule has 0 radical (unpaired) electrons. The summed E-state index contributed by atoms with van der Waals surface area (Å²) < 4.78 is 0. The Labute approximate surface area is 155 Å². The molecule has 0 fully saturated rings. The second-order valence-electron chi connectivity index (χ2n) is 5.53. The minimum Gasteiger partial charge on any atom is -0.324 e. The Kier molecular flexibility index (Phi) is 5.11. The molecule has 0 aliphatic heterocycles. The van der Waals surface area contributed by atoms with Crippen molar-refractivity contribution in [3.05, 3.63) is 76.6 Å². The molecular weight excluding hydrogens is 350 g/mol. The molecule has 1 amide bonds. The fourth-order valence-electron chi connectivity index (χ4n) is 2.23. The van der Waals surface area contributed by atoms with Crippen molar-refractivity contribution < 1.29 is 4.79 Å². The number of benzene rings is 2. The number of hydrogen-bond donors (Lipinski definition) is 2. The summed E-state index contributed by atoms with van der Waals surface area (Å²) in [7, 11) is 0. The standard InChI is InChI=1S/C19H14ClN5O/c1-12-5-6-15(20)8-17(12)25-18(26)14-10-22-19(23-11-14)24-16-4-2-3-13(7-16)9-21/h2-8,10-11H,1H3,(H,25,26)(H,22,23,24). The van der Waals surface area contributed by atoms with Crippen molar-refractivity contribution >= 4 is 34.8 Å². The molecule has 0 atom stereocenters. The number of carbonyl (C=O) groups excluding carboxylic acids is 1. The van der Waals surface area contributed by atoms with Crippen molar-refractivity contribution in [1.29, 1.82) is 5.26 Å². The topological polar surface area (TPSA) is 90.7 Å². The van der Waals surface area contributed by atoms with Crippen molar-refractivity contribution in [2.75, 3.05) is 10.6 Å². The van der Waals surface area contributed by atoms with Crippen molar-refractivity contribution in [2.24, 2.45) is 0 Å². The number of aromatic nitrogens is 2. The fraction of sp³-hybridized carbons (Fsp3) is 0.0526. The summed E-state index contributed by atoms with van der Waals surface area (Å²) in [5, 5.41) is 15.2. The second-order valence-corrected chi connectivity index (χ2v) is 5.96. The summed E-state index contributed by atoms with van der Waals surface area (Å²) in [4.78, 5) is 20.6. The Morgan fingerprint density at radius 3 is 2.65 bits per heavy atom. The molecule has 0 spiro atoms. The van der Waals surface area contributed by atoms with Crippen LogP contribution in [0.3, 0.4) is 0 Å². The van der Waals surface area contributed by atoms with Gasteiger partial charge in [0.05, 0.1) is 17.2 Å². The van der Waals surface area contributed by atoms with Crippen LogP contribution < -0.4 is 10.6 Å². The number of nitrogens with one attached hydrogen (secondary N) is 2. The van der Waals surface area contributed by atoms with Gasteiger partial charge in [-0.25, -0.2) is 9.97 Å². The van der Waals surface area contributed by atoms with Crippen molar-refractivity contribution in [2.45, 2.75) is 6.92 Å². The molecule has 2 aromatic carbocycles. The van der Waals surface area contributed by atoms with E-state index in [0.29, 0.717) is 33.5 Å². The van der Waals surface area contributed by atoms with Gasteiger partial charge in [-0.2, -0.15) is 5.26 Å². The van der Waals surface area contributed by atoms with Gasteiger partial charge in [0, 0.05) is 28.8 Å². The second kappa shape index (κ2) is 7.64. The van der Waals surface area contributed by atoms with E-state index in [1.54, 1.807) is 36.4 Å². The molecule has 0 unspecified atom stereocenters. The van der Waals surface area contributed by atoms with E-state index in [1.165, 1.54) is 12.4 Å². The molecule has 128 valence electrons. The maximum absolute atomic E-state index is 12.3. The normalized spacial score (nSPS) is 10.0. The van der Waals surface area contributed by atoms with E-state index in [1.807, 2.05) is 13.0 Å². The lowest BCUT2D eigenvalue weighted by atomic mass is 10.2. The lowest BCUT2D eigenvalue weighted by Gasteiger charge is -2.09. The van der Waals surface area contributed by atoms with Crippen molar-refractivity contribution in [3.8, 4) is 6.07 Å². The van der Waals surface area contributed by atoms with Gasteiger partial charge in [0.1, 0.15) is 0 Å². The summed E-state index contributed by atoms with van der Waals surface area (Å²) >= 11 is 5.96. The van der Waals surface area contributed by atoms with E-state index in [2.05, 4.69) is 26.7 Å². The molecule has 6 nitrogen and oxygen atoms in total. The minimum absolute atomic E-state index is 0.320. The first-order valence-corrected chi connectivity index (χ1v) is 8.10. The van der Waals surface area contributed by atoms with Crippen LogP contribution in [-0.2, 0) is 0 Å². The molecule has 3 aromatic rings. The lowest BCUT2D eigenvalue weighted by molar-refractivity contribution is 0.102. The molecule has 0 saturated heterocycles. The number of nitriles is 1. The number of nitrogens with zero attached hydrogens (tertiary/aromatic N) is 3. The maximum Gasteiger partial charge on any atom is 0.258 e. The molecule has 0 aliphatic carbocycles. The number of rotatable bonds is 4. The van der Waals surface area contributed by atoms with E-state index in [4.69, 9.17) is 16.9 Å². The molecule has 0 saturated carbocycles. The van der Waals surface area contributed by atoms with Gasteiger partial charge in [-0.1, -0.05) is 23.7 Å². The Bertz CT molecular complexity index is 996.